The first kappa shape index (κ1) is 13.9. The number of rotatable bonds is 3. The van der Waals surface area contributed by atoms with Gasteiger partial charge in [-0.3, -0.25) is 9.78 Å². The number of benzene rings is 1. The van der Waals surface area contributed by atoms with Crippen LogP contribution >= 0.6 is 0 Å². The van der Waals surface area contributed by atoms with Gasteiger partial charge < -0.3 is 9.88 Å². The van der Waals surface area contributed by atoms with Crippen LogP contribution in [0.5, 0.6) is 0 Å². The molecule has 0 unspecified atom stereocenters. The molecule has 1 aromatic carbocycles. The summed E-state index contributed by atoms with van der Waals surface area (Å²) in [6.07, 6.45) is 4.64. The van der Waals surface area contributed by atoms with Gasteiger partial charge in [-0.05, 0) is 19.1 Å². The molecule has 0 aliphatic carbocycles. The highest BCUT2D eigenvalue weighted by Gasteiger charge is 2.10. The van der Waals surface area contributed by atoms with Gasteiger partial charge in [0.2, 0.25) is 0 Å². The van der Waals surface area contributed by atoms with Crippen LogP contribution in [-0.4, -0.2) is 30.6 Å². The van der Waals surface area contributed by atoms with Crippen LogP contribution in [0.3, 0.4) is 0 Å². The van der Waals surface area contributed by atoms with E-state index in [1.165, 1.54) is 6.20 Å². The molecule has 0 saturated carbocycles. The number of nitrogens with one attached hydrogen (secondary N) is 1. The SMILES string of the molecule is Cc1cnc(C(=O)Nc2cccc(-c3nncn3C)c2)cn1. The molecule has 110 valence electrons. The fraction of sp³-hybridized carbons (Fsp3) is 0.133. The molecule has 0 atom stereocenters. The van der Waals surface area contributed by atoms with Crippen molar-refractivity contribution >= 4 is 11.6 Å². The molecule has 7 nitrogen and oxygen atoms in total. The van der Waals surface area contributed by atoms with Gasteiger partial charge in [0.05, 0.1) is 11.9 Å². The van der Waals surface area contributed by atoms with Crippen molar-refractivity contribution in [2.24, 2.45) is 7.05 Å². The van der Waals surface area contributed by atoms with Crippen LogP contribution in [-0.2, 0) is 7.05 Å². The maximum absolute atomic E-state index is 12.1. The molecule has 0 fully saturated rings. The van der Waals surface area contributed by atoms with E-state index < -0.39 is 0 Å². The summed E-state index contributed by atoms with van der Waals surface area (Å²) in [7, 11) is 1.86. The summed E-state index contributed by atoms with van der Waals surface area (Å²) < 4.78 is 1.81. The van der Waals surface area contributed by atoms with Crippen molar-refractivity contribution < 1.29 is 4.79 Å². The normalized spacial score (nSPS) is 10.5. The predicted molar refractivity (Wildman–Crippen MR) is 81.2 cm³/mol. The fourth-order valence-corrected chi connectivity index (χ4v) is 1.99. The molecule has 0 saturated heterocycles. The average molecular weight is 294 g/mol. The van der Waals surface area contributed by atoms with Crippen molar-refractivity contribution in [1.82, 2.24) is 24.7 Å². The Bertz CT molecular complexity index is 809. The summed E-state index contributed by atoms with van der Waals surface area (Å²) in [6, 6.07) is 7.40. The Labute approximate surface area is 127 Å². The largest absolute Gasteiger partial charge is 0.321 e. The van der Waals surface area contributed by atoms with E-state index in [4.69, 9.17) is 0 Å². The van der Waals surface area contributed by atoms with E-state index in [1.807, 2.05) is 36.7 Å². The number of hydrogen-bond acceptors (Lipinski definition) is 5. The van der Waals surface area contributed by atoms with Gasteiger partial charge in [-0.15, -0.1) is 10.2 Å². The molecule has 1 amide bonds. The van der Waals surface area contributed by atoms with Crippen molar-refractivity contribution in [1.29, 1.82) is 0 Å². The maximum Gasteiger partial charge on any atom is 0.275 e. The Kier molecular flexibility index (Phi) is 3.61. The van der Waals surface area contributed by atoms with E-state index in [2.05, 4.69) is 25.5 Å². The minimum Gasteiger partial charge on any atom is -0.321 e. The number of amides is 1. The number of carbonyl (C=O) groups is 1. The first-order chi connectivity index (χ1) is 10.6. The van der Waals surface area contributed by atoms with E-state index in [-0.39, 0.29) is 11.6 Å². The molecular formula is C15H14N6O. The monoisotopic (exact) mass is 294 g/mol. The lowest BCUT2D eigenvalue weighted by atomic mass is 10.2. The lowest BCUT2D eigenvalue weighted by Crippen LogP contribution is -2.14. The van der Waals surface area contributed by atoms with Crippen LogP contribution < -0.4 is 5.32 Å². The molecule has 0 radical (unpaired) electrons. The smallest absolute Gasteiger partial charge is 0.275 e. The highest BCUT2D eigenvalue weighted by atomic mass is 16.1. The highest BCUT2D eigenvalue weighted by molar-refractivity contribution is 6.02. The number of nitrogens with zero attached hydrogens (tertiary/aromatic N) is 5. The topological polar surface area (TPSA) is 85.6 Å². The third kappa shape index (κ3) is 2.83. The molecule has 2 aromatic heterocycles. The zero-order valence-electron chi connectivity index (χ0n) is 12.2. The van der Waals surface area contributed by atoms with Crippen LogP contribution in [0.2, 0.25) is 0 Å². The molecule has 2 heterocycles. The maximum atomic E-state index is 12.1. The molecule has 0 bridgehead atoms. The quantitative estimate of drug-likeness (QED) is 0.796. The second kappa shape index (κ2) is 5.72. The molecule has 22 heavy (non-hydrogen) atoms. The second-order valence-electron chi connectivity index (χ2n) is 4.84. The standard InChI is InChI=1S/C15H14N6O/c1-10-7-17-13(8-16-10)15(22)19-12-5-3-4-11(6-12)14-20-18-9-21(14)2/h3-9H,1-2H3,(H,19,22). The third-order valence-electron chi connectivity index (χ3n) is 3.10. The van der Waals surface area contributed by atoms with Crippen LogP contribution in [0.25, 0.3) is 11.4 Å². The lowest BCUT2D eigenvalue weighted by Gasteiger charge is -2.07. The van der Waals surface area contributed by atoms with E-state index in [1.54, 1.807) is 18.6 Å². The minimum atomic E-state index is -0.303. The van der Waals surface area contributed by atoms with E-state index in [0.717, 1.165) is 17.1 Å². The summed E-state index contributed by atoms with van der Waals surface area (Å²) in [4.78, 5) is 20.3. The molecular weight excluding hydrogens is 280 g/mol. The van der Waals surface area contributed by atoms with E-state index >= 15 is 0 Å². The molecule has 0 aliphatic rings. The van der Waals surface area contributed by atoms with Crippen LogP contribution in [0, 0.1) is 6.92 Å². The minimum absolute atomic E-state index is 0.273. The molecule has 0 spiro atoms. The van der Waals surface area contributed by atoms with Gasteiger partial charge in [0.1, 0.15) is 12.0 Å². The van der Waals surface area contributed by atoms with Crippen molar-refractivity contribution in [3.8, 4) is 11.4 Å². The van der Waals surface area contributed by atoms with Gasteiger partial charge in [-0.1, -0.05) is 12.1 Å². The van der Waals surface area contributed by atoms with Gasteiger partial charge in [-0.25, -0.2) is 4.98 Å². The Hall–Kier alpha value is -3.09. The number of hydrogen-bond donors (Lipinski definition) is 1. The first-order valence-corrected chi connectivity index (χ1v) is 6.68. The zero-order valence-corrected chi connectivity index (χ0v) is 12.2. The van der Waals surface area contributed by atoms with Gasteiger partial charge in [0, 0.05) is 24.5 Å². The van der Waals surface area contributed by atoms with Crippen molar-refractivity contribution in [2.45, 2.75) is 6.92 Å². The molecule has 0 aliphatic heterocycles. The fourth-order valence-electron chi connectivity index (χ4n) is 1.99. The van der Waals surface area contributed by atoms with Crippen LogP contribution in [0.4, 0.5) is 5.69 Å². The van der Waals surface area contributed by atoms with Crippen LogP contribution in [0.1, 0.15) is 16.2 Å². The van der Waals surface area contributed by atoms with Gasteiger partial charge in [-0.2, -0.15) is 0 Å². The Morgan fingerprint density at radius 1 is 1.23 bits per heavy atom. The molecule has 3 rings (SSSR count). The first-order valence-electron chi connectivity index (χ1n) is 6.68. The highest BCUT2D eigenvalue weighted by Crippen LogP contribution is 2.20. The Balaban J connectivity index is 1.82. The summed E-state index contributed by atoms with van der Waals surface area (Å²) in [5, 5.41) is 10.7. The second-order valence-corrected chi connectivity index (χ2v) is 4.84. The number of anilines is 1. The summed E-state index contributed by atoms with van der Waals surface area (Å²) in [5.41, 5.74) is 2.57. The van der Waals surface area contributed by atoms with E-state index in [9.17, 15) is 4.79 Å². The van der Waals surface area contributed by atoms with Crippen molar-refractivity contribution in [3.63, 3.8) is 0 Å². The third-order valence-corrected chi connectivity index (χ3v) is 3.10. The van der Waals surface area contributed by atoms with E-state index in [0.29, 0.717) is 5.69 Å². The van der Waals surface area contributed by atoms with Crippen LogP contribution in [0.15, 0.2) is 43.0 Å². The van der Waals surface area contributed by atoms with Crippen molar-refractivity contribution in [3.05, 3.63) is 54.4 Å². The average Bonchev–Trinajstić information content (AvgIpc) is 2.94. The molecule has 7 heteroatoms. The lowest BCUT2D eigenvalue weighted by molar-refractivity contribution is 0.102. The number of aromatic nitrogens is 5. The zero-order chi connectivity index (χ0) is 15.5. The predicted octanol–water partition coefficient (Wildman–Crippen LogP) is 1.83. The Morgan fingerprint density at radius 2 is 2.09 bits per heavy atom. The summed E-state index contributed by atoms with van der Waals surface area (Å²) in [5.74, 6) is 0.425. The van der Waals surface area contributed by atoms with Gasteiger partial charge in [0.15, 0.2) is 5.82 Å². The number of aryl methyl sites for hydroxylation is 2. The Morgan fingerprint density at radius 3 is 2.77 bits per heavy atom. The van der Waals surface area contributed by atoms with Gasteiger partial charge >= 0.3 is 0 Å². The van der Waals surface area contributed by atoms with Gasteiger partial charge in [0.25, 0.3) is 5.91 Å². The molecule has 3 aromatic rings. The summed E-state index contributed by atoms with van der Waals surface area (Å²) >= 11 is 0. The molecule has 1 N–H and O–H groups in total. The van der Waals surface area contributed by atoms with Crippen molar-refractivity contribution in [2.75, 3.05) is 5.32 Å². The summed E-state index contributed by atoms with van der Waals surface area (Å²) in [6.45, 7) is 1.82. The number of carbonyl (C=O) groups excluding carboxylic acids is 1.